The lowest BCUT2D eigenvalue weighted by atomic mass is 10.1. The molecule has 130 valence electrons. The van der Waals surface area contributed by atoms with Crippen LogP contribution in [0, 0.1) is 0 Å². The van der Waals surface area contributed by atoms with E-state index in [1.165, 1.54) is 13.0 Å². The normalized spacial score (nSPS) is 12.1. The van der Waals surface area contributed by atoms with Crippen LogP contribution in [0.5, 0.6) is 5.75 Å². The number of carboxylic acids is 1. The first-order valence-electron chi connectivity index (χ1n) is 6.11. The molecule has 0 heterocycles. The third-order valence-electron chi connectivity index (χ3n) is 2.63. The first-order valence-corrected chi connectivity index (χ1v) is 8.75. The van der Waals surface area contributed by atoms with Crippen LogP contribution in [0.15, 0.2) is 16.6 Å². The summed E-state index contributed by atoms with van der Waals surface area (Å²) in [6.45, 7) is -0.456. The fraction of sp³-hybridized carbons (Fsp3) is 0.417. The second-order valence-electron chi connectivity index (χ2n) is 4.41. The Morgan fingerprint density at radius 3 is 2.35 bits per heavy atom. The maximum Gasteiger partial charge on any atom is 0.422 e. The summed E-state index contributed by atoms with van der Waals surface area (Å²) in [5, 5.41) is 9.20. The monoisotopic (exact) mass is 419 g/mol. The van der Waals surface area contributed by atoms with Crippen LogP contribution in [-0.2, 0) is 10.0 Å². The molecule has 0 aliphatic carbocycles. The highest BCUT2D eigenvalue weighted by Gasteiger charge is 2.32. The molecule has 0 bridgehead atoms. The Kier molecular flexibility index (Phi) is 5.91. The van der Waals surface area contributed by atoms with Crippen molar-refractivity contribution in [3.63, 3.8) is 0 Å². The molecule has 0 atom stereocenters. The van der Waals surface area contributed by atoms with Gasteiger partial charge in [-0.15, -0.1) is 0 Å². The Hall–Kier alpha value is -1.49. The van der Waals surface area contributed by atoms with E-state index in [9.17, 15) is 31.5 Å². The molecule has 23 heavy (non-hydrogen) atoms. The SMILES string of the molecule is CCN(c1c(C(=O)O)ccc(Br)c1OCC(F)(F)F)S(C)(=O)=O. The van der Waals surface area contributed by atoms with Crippen molar-refractivity contribution in [2.45, 2.75) is 13.1 Å². The number of carboxylic acid groups (broad SMARTS) is 1. The van der Waals surface area contributed by atoms with Gasteiger partial charge in [0, 0.05) is 6.54 Å². The lowest BCUT2D eigenvalue weighted by Crippen LogP contribution is -2.32. The van der Waals surface area contributed by atoms with Gasteiger partial charge in [0.05, 0.1) is 16.3 Å². The molecule has 0 saturated carbocycles. The van der Waals surface area contributed by atoms with Crippen molar-refractivity contribution in [3.05, 3.63) is 22.2 Å². The highest BCUT2D eigenvalue weighted by atomic mass is 79.9. The van der Waals surface area contributed by atoms with Crippen molar-refractivity contribution < 1.29 is 36.2 Å². The van der Waals surface area contributed by atoms with E-state index in [0.717, 1.165) is 12.3 Å². The van der Waals surface area contributed by atoms with Crippen LogP contribution >= 0.6 is 15.9 Å². The molecule has 1 aromatic carbocycles. The molecule has 0 aliphatic rings. The predicted octanol–water partition coefficient (Wildman–Crippen LogP) is 2.87. The van der Waals surface area contributed by atoms with Gasteiger partial charge >= 0.3 is 12.1 Å². The summed E-state index contributed by atoms with van der Waals surface area (Å²) in [6, 6.07) is 2.25. The first kappa shape index (κ1) is 19.6. The van der Waals surface area contributed by atoms with E-state index in [4.69, 9.17) is 0 Å². The predicted molar refractivity (Wildman–Crippen MR) is 80.5 cm³/mol. The number of halogens is 4. The molecule has 0 saturated heterocycles. The van der Waals surface area contributed by atoms with Crippen LogP contribution in [0.25, 0.3) is 0 Å². The van der Waals surface area contributed by atoms with Crippen LogP contribution in [0.3, 0.4) is 0 Å². The number of carbonyl (C=O) groups is 1. The van der Waals surface area contributed by atoms with Gasteiger partial charge in [0.2, 0.25) is 10.0 Å². The Balaban J connectivity index is 3.60. The van der Waals surface area contributed by atoms with Crippen molar-refractivity contribution in [2.75, 3.05) is 23.7 Å². The smallest absolute Gasteiger partial charge is 0.422 e. The first-order chi connectivity index (χ1) is 10.4. The summed E-state index contributed by atoms with van der Waals surface area (Å²) in [4.78, 5) is 11.3. The summed E-state index contributed by atoms with van der Waals surface area (Å²) >= 11 is 2.96. The van der Waals surface area contributed by atoms with Crippen molar-refractivity contribution in [1.29, 1.82) is 0 Å². The largest absolute Gasteiger partial charge is 0.481 e. The molecule has 0 unspecified atom stereocenters. The zero-order valence-electron chi connectivity index (χ0n) is 12.0. The van der Waals surface area contributed by atoms with E-state index in [1.54, 1.807) is 0 Å². The lowest BCUT2D eigenvalue weighted by molar-refractivity contribution is -0.153. The molecule has 0 aromatic heterocycles. The average Bonchev–Trinajstić information content (AvgIpc) is 2.35. The van der Waals surface area contributed by atoms with Crippen LogP contribution in [-0.4, -0.2) is 45.1 Å². The molecular formula is C12H13BrF3NO5S. The van der Waals surface area contributed by atoms with E-state index >= 15 is 0 Å². The standard InChI is InChI=1S/C12H13BrF3NO5S/c1-3-17(23(2,20)21)9-7(11(18)19)4-5-8(13)10(9)22-6-12(14,15)16/h4-5H,3,6H2,1-2H3,(H,18,19). The third-order valence-corrected chi connectivity index (χ3v) is 4.50. The number of alkyl halides is 3. The van der Waals surface area contributed by atoms with Gasteiger partial charge in [-0.1, -0.05) is 0 Å². The van der Waals surface area contributed by atoms with Gasteiger partial charge in [-0.3, -0.25) is 4.31 Å². The topological polar surface area (TPSA) is 83.9 Å². The quantitative estimate of drug-likeness (QED) is 0.766. The Morgan fingerprint density at radius 1 is 1.39 bits per heavy atom. The summed E-state index contributed by atoms with van der Waals surface area (Å²) in [6.07, 6.45) is -3.85. The highest BCUT2D eigenvalue weighted by Crippen LogP contribution is 2.40. The summed E-state index contributed by atoms with van der Waals surface area (Å²) in [7, 11) is -3.93. The van der Waals surface area contributed by atoms with Crippen molar-refractivity contribution >= 4 is 37.6 Å². The lowest BCUT2D eigenvalue weighted by Gasteiger charge is -2.25. The molecule has 1 N–H and O–H groups in total. The van der Waals surface area contributed by atoms with Gasteiger partial charge in [-0.2, -0.15) is 13.2 Å². The average molecular weight is 420 g/mol. The number of nitrogens with zero attached hydrogens (tertiary/aromatic N) is 1. The van der Waals surface area contributed by atoms with Crippen LogP contribution in [0.1, 0.15) is 17.3 Å². The fourth-order valence-electron chi connectivity index (χ4n) is 1.82. The minimum Gasteiger partial charge on any atom is -0.481 e. The molecule has 1 rings (SSSR count). The highest BCUT2D eigenvalue weighted by molar-refractivity contribution is 9.10. The second-order valence-corrected chi connectivity index (χ2v) is 7.17. The van der Waals surface area contributed by atoms with Gasteiger partial charge in [0.15, 0.2) is 12.4 Å². The van der Waals surface area contributed by atoms with Gasteiger partial charge in [-0.25, -0.2) is 13.2 Å². The van der Waals surface area contributed by atoms with Crippen LogP contribution < -0.4 is 9.04 Å². The fourth-order valence-corrected chi connectivity index (χ4v) is 3.23. The van der Waals surface area contributed by atoms with E-state index in [0.29, 0.717) is 4.31 Å². The Bertz CT molecular complexity index is 705. The molecule has 0 spiro atoms. The van der Waals surface area contributed by atoms with E-state index in [2.05, 4.69) is 20.7 Å². The van der Waals surface area contributed by atoms with Gasteiger partial charge in [-0.05, 0) is 35.0 Å². The van der Waals surface area contributed by atoms with Crippen LogP contribution in [0.2, 0.25) is 0 Å². The van der Waals surface area contributed by atoms with Crippen molar-refractivity contribution in [3.8, 4) is 5.75 Å². The third kappa shape index (κ3) is 4.99. The Labute approximate surface area is 139 Å². The Morgan fingerprint density at radius 2 is 1.96 bits per heavy atom. The number of sulfonamides is 1. The summed E-state index contributed by atoms with van der Waals surface area (Å²) in [5.74, 6) is -2.00. The number of hydrogen-bond donors (Lipinski definition) is 1. The number of hydrogen-bond acceptors (Lipinski definition) is 4. The number of aromatic carboxylic acids is 1. The number of anilines is 1. The minimum absolute atomic E-state index is 0.00356. The molecule has 1 aromatic rings. The van der Waals surface area contributed by atoms with E-state index in [1.807, 2.05) is 0 Å². The molecule has 0 amide bonds. The van der Waals surface area contributed by atoms with Crippen LogP contribution in [0.4, 0.5) is 18.9 Å². The van der Waals surface area contributed by atoms with E-state index < -0.39 is 45.8 Å². The molecule has 6 nitrogen and oxygen atoms in total. The maximum atomic E-state index is 12.4. The molecule has 0 aliphatic heterocycles. The maximum absolute atomic E-state index is 12.4. The molecule has 11 heteroatoms. The molecular weight excluding hydrogens is 407 g/mol. The minimum atomic E-state index is -4.67. The number of ether oxygens (including phenoxy) is 1. The summed E-state index contributed by atoms with van der Waals surface area (Å²) < 4.78 is 66.2. The number of rotatable bonds is 6. The van der Waals surface area contributed by atoms with Gasteiger partial charge < -0.3 is 9.84 Å². The number of benzene rings is 1. The van der Waals surface area contributed by atoms with E-state index in [-0.39, 0.29) is 11.0 Å². The zero-order valence-corrected chi connectivity index (χ0v) is 14.4. The zero-order chi connectivity index (χ0) is 18.0. The van der Waals surface area contributed by atoms with Gasteiger partial charge in [0.25, 0.3) is 0 Å². The van der Waals surface area contributed by atoms with Crippen molar-refractivity contribution in [1.82, 2.24) is 0 Å². The van der Waals surface area contributed by atoms with Gasteiger partial charge in [0.1, 0.15) is 5.69 Å². The molecule has 0 fully saturated rings. The molecule has 0 radical (unpaired) electrons. The second kappa shape index (κ2) is 6.95. The van der Waals surface area contributed by atoms with Crippen molar-refractivity contribution in [2.24, 2.45) is 0 Å². The summed E-state index contributed by atoms with van der Waals surface area (Å²) in [5.41, 5.74) is -0.946.